The predicted octanol–water partition coefficient (Wildman–Crippen LogP) is -1.19. The van der Waals surface area contributed by atoms with Gasteiger partial charge in [-0.05, 0) is 6.42 Å². The molecule has 0 aromatic carbocycles. The Morgan fingerprint density at radius 2 is 2.08 bits per heavy atom. The topological polar surface area (TPSA) is 52.9 Å². The molecule has 0 spiro atoms. The highest BCUT2D eigenvalue weighted by Crippen LogP contribution is 2.18. The standard InChI is InChI=1S/C8H15NO3/c10-6-1-2-9(3-6)7-4-12-5-8(7)11/h6-8,10-11H,1-5H2/t6-,7?,8?/m1/s1. The van der Waals surface area contributed by atoms with Crippen molar-refractivity contribution in [3.05, 3.63) is 0 Å². The molecule has 2 rings (SSSR count). The van der Waals surface area contributed by atoms with Crippen molar-refractivity contribution in [3.8, 4) is 0 Å². The SMILES string of the molecule is OC1COCC1N1CC[C@@H](O)C1. The van der Waals surface area contributed by atoms with Crippen LogP contribution in [-0.4, -0.2) is 59.7 Å². The molecular weight excluding hydrogens is 158 g/mol. The molecule has 0 bridgehead atoms. The summed E-state index contributed by atoms with van der Waals surface area (Å²) in [5, 5.41) is 18.8. The van der Waals surface area contributed by atoms with Gasteiger partial charge in [-0.1, -0.05) is 0 Å². The molecule has 0 amide bonds. The molecule has 0 saturated carbocycles. The van der Waals surface area contributed by atoms with Crippen LogP contribution < -0.4 is 0 Å². The average molecular weight is 173 g/mol. The van der Waals surface area contributed by atoms with E-state index in [4.69, 9.17) is 4.74 Å². The lowest BCUT2D eigenvalue weighted by Gasteiger charge is -2.24. The Hall–Kier alpha value is -0.160. The molecule has 70 valence electrons. The molecular formula is C8H15NO3. The van der Waals surface area contributed by atoms with Gasteiger partial charge < -0.3 is 14.9 Å². The summed E-state index contributed by atoms with van der Waals surface area (Å²) >= 11 is 0. The molecule has 0 aromatic rings. The second-order valence-corrected chi connectivity index (χ2v) is 3.61. The van der Waals surface area contributed by atoms with E-state index in [0.29, 0.717) is 19.8 Å². The van der Waals surface area contributed by atoms with Crippen LogP contribution in [0.2, 0.25) is 0 Å². The van der Waals surface area contributed by atoms with E-state index >= 15 is 0 Å². The zero-order valence-electron chi connectivity index (χ0n) is 7.02. The number of ether oxygens (including phenoxy) is 1. The van der Waals surface area contributed by atoms with Crippen molar-refractivity contribution in [3.63, 3.8) is 0 Å². The van der Waals surface area contributed by atoms with E-state index in [1.807, 2.05) is 0 Å². The third kappa shape index (κ3) is 1.47. The lowest BCUT2D eigenvalue weighted by atomic mass is 10.2. The highest BCUT2D eigenvalue weighted by molar-refractivity contribution is 4.88. The number of aliphatic hydroxyl groups is 2. The highest BCUT2D eigenvalue weighted by Gasteiger charge is 2.35. The molecule has 2 fully saturated rings. The third-order valence-corrected chi connectivity index (χ3v) is 2.69. The Kier molecular flexibility index (Phi) is 2.32. The Morgan fingerprint density at radius 1 is 1.25 bits per heavy atom. The number of aliphatic hydroxyl groups excluding tert-OH is 2. The number of hydrogen-bond donors (Lipinski definition) is 2. The molecule has 2 N–H and O–H groups in total. The van der Waals surface area contributed by atoms with Crippen LogP contribution in [0.25, 0.3) is 0 Å². The Labute approximate surface area is 71.7 Å². The number of rotatable bonds is 1. The molecule has 0 aliphatic carbocycles. The third-order valence-electron chi connectivity index (χ3n) is 2.69. The molecule has 2 unspecified atom stereocenters. The van der Waals surface area contributed by atoms with Crippen molar-refractivity contribution in [2.75, 3.05) is 26.3 Å². The molecule has 0 aromatic heterocycles. The van der Waals surface area contributed by atoms with Crippen LogP contribution in [0.5, 0.6) is 0 Å². The van der Waals surface area contributed by atoms with Gasteiger partial charge in [0.05, 0.1) is 31.5 Å². The van der Waals surface area contributed by atoms with Gasteiger partial charge in [0.1, 0.15) is 0 Å². The molecule has 2 heterocycles. The maximum Gasteiger partial charge on any atom is 0.0950 e. The lowest BCUT2D eigenvalue weighted by Crippen LogP contribution is -2.41. The summed E-state index contributed by atoms with van der Waals surface area (Å²) in [4.78, 5) is 2.11. The molecule has 2 aliphatic rings. The first-order valence-electron chi connectivity index (χ1n) is 4.45. The summed E-state index contributed by atoms with van der Waals surface area (Å²) in [5.74, 6) is 0. The van der Waals surface area contributed by atoms with Crippen LogP contribution >= 0.6 is 0 Å². The molecule has 3 atom stereocenters. The van der Waals surface area contributed by atoms with E-state index in [1.165, 1.54) is 0 Å². The maximum absolute atomic E-state index is 9.49. The lowest BCUT2D eigenvalue weighted by molar-refractivity contribution is 0.0853. The number of β-amino-alcohol motifs (C(OH)–C–C–N with tert-alkyl or cyclic N) is 1. The van der Waals surface area contributed by atoms with Gasteiger partial charge >= 0.3 is 0 Å². The summed E-state index contributed by atoms with van der Waals surface area (Å²) in [5.41, 5.74) is 0. The van der Waals surface area contributed by atoms with Crippen LogP contribution in [0, 0.1) is 0 Å². The van der Waals surface area contributed by atoms with Gasteiger partial charge in [0, 0.05) is 13.1 Å². The minimum Gasteiger partial charge on any atom is -0.392 e. The second kappa shape index (κ2) is 3.30. The number of hydrogen-bond acceptors (Lipinski definition) is 4. The first kappa shape index (κ1) is 8.44. The second-order valence-electron chi connectivity index (χ2n) is 3.61. The fourth-order valence-electron chi connectivity index (χ4n) is 1.95. The van der Waals surface area contributed by atoms with Gasteiger partial charge in [-0.2, -0.15) is 0 Å². The fourth-order valence-corrected chi connectivity index (χ4v) is 1.95. The zero-order chi connectivity index (χ0) is 8.55. The molecule has 2 saturated heterocycles. The first-order valence-corrected chi connectivity index (χ1v) is 4.45. The zero-order valence-corrected chi connectivity index (χ0v) is 7.02. The molecule has 0 radical (unpaired) electrons. The van der Waals surface area contributed by atoms with Crippen LogP contribution in [0.4, 0.5) is 0 Å². The van der Waals surface area contributed by atoms with Gasteiger partial charge in [-0.15, -0.1) is 0 Å². The number of likely N-dealkylation sites (tertiary alicyclic amines) is 1. The van der Waals surface area contributed by atoms with E-state index in [2.05, 4.69) is 4.90 Å². The van der Waals surface area contributed by atoms with Crippen molar-refractivity contribution in [2.45, 2.75) is 24.7 Å². The van der Waals surface area contributed by atoms with Gasteiger partial charge in [-0.3, -0.25) is 4.90 Å². The van der Waals surface area contributed by atoms with Crippen LogP contribution in [-0.2, 0) is 4.74 Å². The van der Waals surface area contributed by atoms with Crippen molar-refractivity contribution in [1.82, 2.24) is 4.90 Å². The van der Waals surface area contributed by atoms with Crippen molar-refractivity contribution in [1.29, 1.82) is 0 Å². The number of nitrogens with zero attached hydrogens (tertiary/aromatic N) is 1. The molecule has 4 heteroatoms. The van der Waals surface area contributed by atoms with Gasteiger partial charge in [0.15, 0.2) is 0 Å². The summed E-state index contributed by atoms with van der Waals surface area (Å²) < 4.78 is 5.14. The quantitative estimate of drug-likeness (QED) is 0.523. The smallest absolute Gasteiger partial charge is 0.0950 e. The van der Waals surface area contributed by atoms with E-state index in [0.717, 1.165) is 13.0 Å². The Balaban J connectivity index is 1.91. The Bertz CT molecular complexity index is 164. The molecule has 2 aliphatic heterocycles. The van der Waals surface area contributed by atoms with Crippen LogP contribution in [0.15, 0.2) is 0 Å². The summed E-state index contributed by atoms with van der Waals surface area (Å²) in [6.45, 7) is 2.61. The largest absolute Gasteiger partial charge is 0.392 e. The van der Waals surface area contributed by atoms with Crippen LogP contribution in [0.3, 0.4) is 0 Å². The first-order chi connectivity index (χ1) is 5.77. The monoisotopic (exact) mass is 173 g/mol. The Morgan fingerprint density at radius 3 is 2.58 bits per heavy atom. The van der Waals surface area contributed by atoms with E-state index in [1.54, 1.807) is 0 Å². The van der Waals surface area contributed by atoms with Gasteiger partial charge in [-0.25, -0.2) is 0 Å². The summed E-state index contributed by atoms with van der Waals surface area (Å²) in [7, 11) is 0. The van der Waals surface area contributed by atoms with Crippen molar-refractivity contribution < 1.29 is 14.9 Å². The molecule has 4 nitrogen and oxygen atoms in total. The van der Waals surface area contributed by atoms with Crippen molar-refractivity contribution in [2.24, 2.45) is 0 Å². The molecule has 12 heavy (non-hydrogen) atoms. The van der Waals surface area contributed by atoms with Crippen LogP contribution in [0.1, 0.15) is 6.42 Å². The van der Waals surface area contributed by atoms with E-state index in [-0.39, 0.29) is 18.2 Å². The van der Waals surface area contributed by atoms with Gasteiger partial charge in [0.25, 0.3) is 0 Å². The van der Waals surface area contributed by atoms with Crippen molar-refractivity contribution >= 4 is 0 Å². The predicted molar refractivity (Wildman–Crippen MR) is 42.8 cm³/mol. The summed E-state index contributed by atoms with van der Waals surface area (Å²) in [6.07, 6.45) is 0.247. The van der Waals surface area contributed by atoms with E-state index < -0.39 is 0 Å². The van der Waals surface area contributed by atoms with Gasteiger partial charge in [0.2, 0.25) is 0 Å². The normalized spacial score (nSPS) is 44.0. The minimum absolute atomic E-state index is 0.113. The minimum atomic E-state index is -0.365. The maximum atomic E-state index is 9.49. The average Bonchev–Trinajstić information content (AvgIpc) is 2.58. The fraction of sp³-hybridized carbons (Fsp3) is 1.00. The highest BCUT2D eigenvalue weighted by atomic mass is 16.5. The summed E-state index contributed by atoms with van der Waals surface area (Å²) in [6, 6.07) is 0.113. The van der Waals surface area contributed by atoms with E-state index in [9.17, 15) is 10.2 Å².